The van der Waals surface area contributed by atoms with Crippen LogP contribution in [0.1, 0.15) is 16.8 Å². The third-order valence-electron chi connectivity index (χ3n) is 2.38. The molecule has 0 saturated carbocycles. The van der Waals surface area contributed by atoms with Crippen LogP contribution in [0.5, 0.6) is 0 Å². The van der Waals surface area contributed by atoms with Crippen LogP contribution < -0.4 is 11.1 Å². The van der Waals surface area contributed by atoms with Crippen molar-refractivity contribution in [2.45, 2.75) is 12.5 Å². The Morgan fingerprint density at radius 1 is 1.45 bits per heavy atom. The zero-order chi connectivity index (χ0) is 15.3. The van der Waals surface area contributed by atoms with Crippen molar-refractivity contribution >= 4 is 23.5 Å². The van der Waals surface area contributed by atoms with Gasteiger partial charge in [-0.1, -0.05) is 0 Å². The molecule has 20 heavy (non-hydrogen) atoms. The highest BCUT2D eigenvalue weighted by Crippen LogP contribution is 2.18. The second-order valence-electron chi connectivity index (χ2n) is 3.88. The van der Waals surface area contributed by atoms with Crippen LogP contribution in [0.3, 0.4) is 0 Å². The number of carbonyl (C=O) groups is 3. The predicted molar refractivity (Wildman–Crippen MR) is 66.6 cm³/mol. The van der Waals surface area contributed by atoms with Gasteiger partial charge in [0.1, 0.15) is 5.82 Å². The van der Waals surface area contributed by atoms with E-state index in [1.807, 2.05) is 0 Å². The molecule has 4 N–H and O–H groups in total. The van der Waals surface area contributed by atoms with E-state index in [0.29, 0.717) is 0 Å². The Kier molecular flexibility index (Phi) is 5.15. The summed E-state index contributed by atoms with van der Waals surface area (Å²) in [6.45, 7) is 0. The summed E-state index contributed by atoms with van der Waals surface area (Å²) in [6, 6.07) is 1.76. The number of carbonyl (C=O) groups excluding carboxylic acids is 2. The van der Waals surface area contributed by atoms with Crippen LogP contribution in [0, 0.1) is 5.82 Å². The molecule has 8 heteroatoms. The van der Waals surface area contributed by atoms with Crippen molar-refractivity contribution < 1.29 is 28.6 Å². The van der Waals surface area contributed by atoms with Crippen LogP contribution in [0.4, 0.5) is 10.1 Å². The SMILES string of the molecule is COC(=O)c1ccc(F)cc1NC(=O)C(N)CC(=O)O. The molecule has 1 rings (SSSR count). The first kappa shape index (κ1) is 15.6. The van der Waals surface area contributed by atoms with Gasteiger partial charge in [0.05, 0.1) is 30.8 Å². The molecule has 0 bridgehead atoms. The summed E-state index contributed by atoms with van der Waals surface area (Å²) in [5.41, 5.74) is 5.16. The number of esters is 1. The van der Waals surface area contributed by atoms with Crippen molar-refractivity contribution in [3.8, 4) is 0 Å². The largest absolute Gasteiger partial charge is 0.481 e. The lowest BCUT2D eigenvalue weighted by Gasteiger charge is -2.13. The molecule has 7 nitrogen and oxygen atoms in total. The number of aliphatic carboxylic acids is 1. The molecule has 0 fully saturated rings. The van der Waals surface area contributed by atoms with E-state index in [2.05, 4.69) is 10.1 Å². The number of anilines is 1. The number of ether oxygens (including phenoxy) is 1. The van der Waals surface area contributed by atoms with Crippen molar-refractivity contribution in [2.24, 2.45) is 5.73 Å². The maximum atomic E-state index is 13.1. The minimum atomic E-state index is -1.32. The van der Waals surface area contributed by atoms with Gasteiger partial charge in [0.15, 0.2) is 0 Å². The van der Waals surface area contributed by atoms with Crippen molar-refractivity contribution in [2.75, 3.05) is 12.4 Å². The fraction of sp³-hybridized carbons (Fsp3) is 0.250. The normalized spacial score (nSPS) is 11.6. The molecule has 0 aliphatic rings. The van der Waals surface area contributed by atoms with Crippen LogP contribution in [-0.2, 0) is 14.3 Å². The molecule has 1 aromatic rings. The standard InChI is InChI=1S/C12H13FN2O5/c1-20-12(19)7-3-2-6(13)4-9(7)15-11(18)8(14)5-10(16)17/h2-4,8H,5,14H2,1H3,(H,15,18)(H,16,17). The number of benzene rings is 1. The van der Waals surface area contributed by atoms with E-state index in [1.54, 1.807) is 0 Å². The van der Waals surface area contributed by atoms with E-state index < -0.39 is 36.1 Å². The summed E-state index contributed by atoms with van der Waals surface area (Å²) in [5.74, 6) is -3.55. The van der Waals surface area contributed by atoms with Gasteiger partial charge in [-0.15, -0.1) is 0 Å². The number of methoxy groups -OCH3 is 1. The van der Waals surface area contributed by atoms with Crippen LogP contribution in [0.2, 0.25) is 0 Å². The fourth-order valence-corrected chi connectivity index (χ4v) is 1.41. The number of rotatable bonds is 5. The Bertz CT molecular complexity index is 547. The molecule has 0 heterocycles. The summed E-state index contributed by atoms with van der Waals surface area (Å²) in [6.07, 6.45) is -0.589. The van der Waals surface area contributed by atoms with E-state index in [4.69, 9.17) is 10.8 Å². The third kappa shape index (κ3) is 4.02. The number of carboxylic acids is 1. The molecule has 0 spiro atoms. The quantitative estimate of drug-likeness (QED) is 0.671. The van der Waals surface area contributed by atoms with Gasteiger partial charge in [0.25, 0.3) is 0 Å². The Morgan fingerprint density at radius 2 is 2.10 bits per heavy atom. The van der Waals surface area contributed by atoms with E-state index in [9.17, 15) is 18.8 Å². The molecule has 1 amide bonds. The van der Waals surface area contributed by atoms with E-state index in [-0.39, 0.29) is 11.3 Å². The lowest BCUT2D eigenvalue weighted by molar-refractivity contribution is -0.138. The van der Waals surface area contributed by atoms with Gasteiger partial charge >= 0.3 is 11.9 Å². The number of nitrogens with two attached hydrogens (primary N) is 1. The highest BCUT2D eigenvalue weighted by atomic mass is 19.1. The maximum Gasteiger partial charge on any atom is 0.339 e. The number of hydrogen-bond donors (Lipinski definition) is 3. The molecule has 0 aliphatic heterocycles. The molecular weight excluding hydrogens is 271 g/mol. The van der Waals surface area contributed by atoms with E-state index >= 15 is 0 Å². The first-order valence-electron chi connectivity index (χ1n) is 5.51. The lowest BCUT2D eigenvalue weighted by atomic mass is 10.1. The van der Waals surface area contributed by atoms with Crippen LogP contribution in [0.15, 0.2) is 18.2 Å². The molecule has 0 aliphatic carbocycles. The Balaban J connectivity index is 2.96. The van der Waals surface area contributed by atoms with Gasteiger partial charge in [0, 0.05) is 0 Å². The molecule has 0 aromatic heterocycles. The highest BCUT2D eigenvalue weighted by Gasteiger charge is 2.20. The van der Waals surface area contributed by atoms with Crippen molar-refractivity contribution in [1.29, 1.82) is 0 Å². The van der Waals surface area contributed by atoms with Gasteiger partial charge in [-0.25, -0.2) is 9.18 Å². The summed E-state index contributed by atoms with van der Waals surface area (Å²) >= 11 is 0. The number of nitrogens with one attached hydrogen (secondary N) is 1. The molecule has 0 radical (unpaired) electrons. The van der Waals surface area contributed by atoms with Crippen LogP contribution in [-0.4, -0.2) is 36.1 Å². The summed E-state index contributed by atoms with van der Waals surface area (Å²) in [5, 5.41) is 10.7. The Hall–Kier alpha value is -2.48. The van der Waals surface area contributed by atoms with Gasteiger partial charge in [-0.05, 0) is 18.2 Å². The van der Waals surface area contributed by atoms with Gasteiger partial charge in [0.2, 0.25) is 5.91 Å². The second-order valence-corrected chi connectivity index (χ2v) is 3.88. The highest BCUT2D eigenvalue weighted by molar-refractivity contribution is 6.03. The molecule has 0 saturated heterocycles. The smallest absolute Gasteiger partial charge is 0.339 e. The topological polar surface area (TPSA) is 119 Å². The minimum Gasteiger partial charge on any atom is -0.481 e. The molecule has 1 atom stereocenters. The fourth-order valence-electron chi connectivity index (χ4n) is 1.41. The number of halogens is 1. The summed E-state index contributed by atoms with van der Waals surface area (Å²) in [7, 11) is 1.13. The molecule has 1 aromatic carbocycles. The first-order valence-corrected chi connectivity index (χ1v) is 5.51. The van der Waals surface area contributed by atoms with Crippen LogP contribution in [0.25, 0.3) is 0 Å². The zero-order valence-electron chi connectivity index (χ0n) is 10.6. The lowest BCUT2D eigenvalue weighted by Crippen LogP contribution is -2.37. The Morgan fingerprint density at radius 3 is 2.65 bits per heavy atom. The van der Waals surface area contributed by atoms with E-state index in [0.717, 1.165) is 25.3 Å². The van der Waals surface area contributed by atoms with Crippen LogP contribution >= 0.6 is 0 Å². The minimum absolute atomic E-state index is 0.0650. The average molecular weight is 284 g/mol. The van der Waals surface area contributed by atoms with Gasteiger partial charge < -0.3 is 20.9 Å². The first-order chi connectivity index (χ1) is 9.35. The number of carboxylic acid groups (broad SMARTS) is 1. The van der Waals surface area contributed by atoms with Gasteiger partial charge in [-0.2, -0.15) is 0 Å². The van der Waals surface area contributed by atoms with Crippen molar-refractivity contribution in [3.63, 3.8) is 0 Å². The predicted octanol–water partition coefficient (Wildman–Crippen LogP) is 0.353. The van der Waals surface area contributed by atoms with E-state index in [1.165, 1.54) is 0 Å². The van der Waals surface area contributed by atoms with Gasteiger partial charge in [-0.3, -0.25) is 9.59 Å². The molecular formula is C12H13FN2O5. The Labute approximate surface area is 113 Å². The summed E-state index contributed by atoms with van der Waals surface area (Å²) in [4.78, 5) is 33.5. The second kappa shape index (κ2) is 6.62. The van der Waals surface area contributed by atoms with Crippen molar-refractivity contribution in [3.05, 3.63) is 29.6 Å². The summed E-state index contributed by atoms with van der Waals surface area (Å²) < 4.78 is 17.6. The average Bonchev–Trinajstić information content (AvgIpc) is 2.37. The van der Waals surface area contributed by atoms with Crippen molar-refractivity contribution in [1.82, 2.24) is 0 Å². The zero-order valence-corrected chi connectivity index (χ0v) is 10.6. The third-order valence-corrected chi connectivity index (χ3v) is 2.38. The number of amides is 1. The maximum absolute atomic E-state index is 13.1. The molecule has 108 valence electrons. The molecule has 1 unspecified atom stereocenters. The number of hydrogen-bond acceptors (Lipinski definition) is 5. The monoisotopic (exact) mass is 284 g/mol.